The minimum absolute atomic E-state index is 0.133. The van der Waals surface area contributed by atoms with Gasteiger partial charge in [0.05, 0.1) is 5.92 Å². The molecule has 3 nitrogen and oxygen atoms in total. The molecular weight excluding hydrogens is 262 g/mol. The molecule has 0 bridgehead atoms. The van der Waals surface area contributed by atoms with Crippen molar-refractivity contribution < 1.29 is 9.90 Å². The van der Waals surface area contributed by atoms with Gasteiger partial charge in [-0.2, -0.15) is 0 Å². The van der Waals surface area contributed by atoms with Crippen LogP contribution in [-0.2, 0) is 11.3 Å². The first-order chi connectivity index (χ1) is 10.2. The van der Waals surface area contributed by atoms with Gasteiger partial charge in [-0.05, 0) is 55.8 Å². The highest BCUT2D eigenvalue weighted by atomic mass is 16.4. The highest BCUT2D eigenvalue weighted by Crippen LogP contribution is 2.34. The smallest absolute Gasteiger partial charge is 0.306 e. The van der Waals surface area contributed by atoms with Gasteiger partial charge in [0.25, 0.3) is 0 Å². The molecule has 0 spiro atoms. The zero-order chi connectivity index (χ0) is 14.7. The average molecular weight is 287 g/mol. The number of carboxylic acids is 1. The van der Waals surface area contributed by atoms with Crippen molar-refractivity contribution >= 4 is 5.97 Å². The molecule has 1 saturated heterocycles. The van der Waals surface area contributed by atoms with Crippen LogP contribution in [0.4, 0.5) is 0 Å². The van der Waals surface area contributed by atoms with E-state index in [1.54, 1.807) is 0 Å². The Hall–Kier alpha value is -1.35. The lowest BCUT2D eigenvalue weighted by Gasteiger charge is -2.30. The summed E-state index contributed by atoms with van der Waals surface area (Å²) >= 11 is 0. The molecule has 0 aromatic heterocycles. The number of aliphatic carboxylic acids is 1. The van der Waals surface area contributed by atoms with Crippen molar-refractivity contribution in [2.45, 2.75) is 51.0 Å². The molecule has 1 aromatic rings. The Kier molecular flexibility index (Phi) is 4.59. The summed E-state index contributed by atoms with van der Waals surface area (Å²) in [5, 5.41) is 9.03. The first-order valence-corrected chi connectivity index (χ1v) is 8.26. The number of hydrogen-bond donors (Lipinski definition) is 1. The van der Waals surface area contributed by atoms with Crippen molar-refractivity contribution in [3.05, 3.63) is 35.4 Å². The first-order valence-electron chi connectivity index (χ1n) is 8.26. The monoisotopic (exact) mass is 287 g/mol. The van der Waals surface area contributed by atoms with Crippen LogP contribution in [0.3, 0.4) is 0 Å². The molecule has 2 fully saturated rings. The van der Waals surface area contributed by atoms with Crippen LogP contribution in [0.2, 0.25) is 0 Å². The van der Waals surface area contributed by atoms with Gasteiger partial charge in [0.15, 0.2) is 0 Å². The number of piperidine rings is 1. The fraction of sp³-hybridized carbons (Fsp3) is 0.611. The molecule has 2 aliphatic rings. The van der Waals surface area contributed by atoms with Gasteiger partial charge in [-0.15, -0.1) is 0 Å². The number of rotatable bonds is 4. The summed E-state index contributed by atoms with van der Waals surface area (Å²) in [5.41, 5.74) is 2.85. The molecule has 1 heterocycles. The van der Waals surface area contributed by atoms with Gasteiger partial charge in [-0.25, -0.2) is 0 Å². The molecule has 0 radical (unpaired) electrons. The second-order valence-electron chi connectivity index (χ2n) is 6.61. The quantitative estimate of drug-likeness (QED) is 0.919. The van der Waals surface area contributed by atoms with Crippen molar-refractivity contribution in [2.75, 3.05) is 13.1 Å². The van der Waals surface area contributed by atoms with Gasteiger partial charge in [0, 0.05) is 6.54 Å². The number of carboxylic acid groups (broad SMARTS) is 1. The third-order valence-electron chi connectivity index (χ3n) is 5.15. The number of hydrogen-bond acceptors (Lipinski definition) is 2. The molecule has 3 heteroatoms. The number of nitrogens with zero attached hydrogens (tertiary/aromatic N) is 1. The topological polar surface area (TPSA) is 40.5 Å². The molecule has 114 valence electrons. The lowest BCUT2D eigenvalue weighted by atomic mass is 9.95. The van der Waals surface area contributed by atoms with Gasteiger partial charge in [0.2, 0.25) is 0 Å². The molecule has 21 heavy (non-hydrogen) atoms. The van der Waals surface area contributed by atoms with Crippen molar-refractivity contribution in [3.63, 3.8) is 0 Å². The van der Waals surface area contributed by atoms with Crippen molar-refractivity contribution in [2.24, 2.45) is 5.92 Å². The van der Waals surface area contributed by atoms with E-state index in [1.807, 2.05) is 0 Å². The number of carbonyl (C=O) groups is 1. The molecule has 3 rings (SSSR count). The largest absolute Gasteiger partial charge is 0.481 e. The summed E-state index contributed by atoms with van der Waals surface area (Å²) in [7, 11) is 0. The lowest BCUT2D eigenvalue weighted by molar-refractivity contribution is -0.143. The fourth-order valence-corrected chi connectivity index (χ4v) is 3.75. The van der Waals surface area contributed by atoms with E-state index in [2.05, 4.69) is 29.2 Å². The predicted octanol–water partition coefficient (Wildman–Crippen LogP) is 3.64. The van der Waals surface area contributed by atoms with Crippen LogP contribution in [0.25, 0.3) is 0 Å². The summed E-state index contributed by atoms with van der Waals surface area (Å²) in [6.07, 6.45) is 7.03. The number of benzene rings is 1. The molecule has 0 unspecified atom stereocenters. The summed E-state index contributed by atoms with van der Waals surface area (Å²) in [6, 6.07) is 9.12. The van der Waals surface area contributed by atoms with Gasteiger partial charge in [-0.1, -0.05) is 37.1 Å². The Bertz CT molecular complexity index is 468. The maximum Gasteiger partial charge on any atom is 0.306 e. The predicted molar refractivity (Wildman–Crippen MR) is 83.3 cm³/mol. The van der Waals surface area contributed by atoms with Crippen molar-refractivity contribution in [1.82, 2.24) is 4.90 Å². The van der Waals surface area contributed by atoms with E-state index in [9.17, 15) is 4.79 Å². The minimum atomic E-state index is -0.629. The first kappa shape index (κ1) is 14.6. The normalized spacial score (nSPS) is 21.7. The molecule has 1 saturated carbocycles. The second-order valence-corrected chi connectivity index (χ2v) is 6.61. The molecular formula is C18H25NO2. The maximum atomic E-state index is 11.0. The SMILES string of the molecule is O=C(O)C1CCN(Cc2ccc(C3CCCC3)cc2)CC1. The van der Waals surface area contributed by atoms with Crippen LogP contribution in [0.5, 0.6) is 0 Å². The van der Waals surface area contributed by atoms with E-state index >= 15 is 0 Å². The standard InChI is InChI=1S/C18H25NO2/c20-18(21)17-9-11-19(12-10-17)13-14-5-7-16(8-6-14)15-3-1-2-4-15/h5-8,15,17H,1-4,9-13H2,(H,20,21). The third-order valence-corrected chi connectivity index (χ3v) is 5.15. The summed E-state index contributed by atoms with van der Waals surface area (Å²) in [6.45, 7) is 2.76. The van der Waals surface area contributed by atoms with Crippen LogP contribution in [0, 0.1) is 5.92 Å². The summed E-state index contributed by atoms with van der Waals surface area (Å²) in [4.78, 5) is 13.3. The van der Waals surface area contributed by atoms with E-state index in [0.717, 1.165) is 38.4 Å². The molecule has 1 N–H and O–H groups in total. The van der Waals surface area contributed by atoms with Gasteiger partial charge in [0.1, 0.15) is 0 Å². The number of likely N-dealkylation sites (tertiary alicyclic amines) is 1. The minimum Gasteiger partial charge on any atom is -0.481 e. The van der Waals surface area contributed by atoms with Gasteiger partial charge in [-0.3, -0.25) is 9.69 Å². The second kappa shape index (κ2) is 6.61. The Morgan fingerprint density at radius 1 is 1.05 bits per heavy atom. The zero-order valence-electron chi connectivity index (χ0n) is 12.6. The van der Waals surface area contributed by atoms with Gasteiger partial charge < -0.3 is 5.11 Å². The zero-order valence-corrected chi connectivity index (χ0v) is 12.6. The Labute approximate surface area is 127 Å². The van der Waals surface area contributed by atoms with E-state index in [1.165, 1.54) is 36.8 Å². The van der Waals surface area contributed by atoms with Crippen LogP contribution in [0.15, 0.2) is 24.3 Å². The summed E-state index contributed by atoms with van der Waals surface area (Å²) in [5.74, 6) is 0.0203. The lowest BCUT2D eigenvalue weighted by Crippen LogP contribution is -2.35. The molecule has 0 atom stereocenters. The summed E-state index contributed by atoms with van der Waals surface area (Å²) < 4.78 is 0. The Morgan fingerprint density at radius 3 is 2.24 bits per heavy atom. The van der Waals surface area contributed by atoms with Crippen LogP contribution >= 0.6 is 0 Å². The Balaban J connectivity index is 1.52. The average Bonchev–Trinajstić information content (AvgIpc) is 3.03. The maximum absolute atomic E-state index is 11.0. The van der Waals surface area contributed by atoms with Crippen molar-refractivity contribution in [3.8, 4) is 0 Å². The molecule has 1 aromatic carbocycles. The molecule has 1 aliphatic carbocycles. The highest BCUT2D eigenvalue weighted by molar-refractivity contribution is 5.70. The van der Waals surface area contributed by atoms with Gasteiger partial charge >= 0.3 is 5.97 Å². The molecule has 1 aliphatic heterocycles. The third kappa shape index (κ3) is 3.65. The highest BCUT2D eigenvalue weighted by Gasteiger charge is 2.24. The van der Waals surface area contributed by atoms with E-state index in [-0.39, 0.29) is 5.92 Å². The fourth-order valence-electron chi connectivity index (χ4n) is 3.75. The van der Waals surface area contributed by atoms with E-state index in [0.29, 0.717) is 0 Å². The molecule has 0 amide bonds. The van der Waals surface area contributed by atoms with E-state index in [4.69, 9.17) is 5.11 Å². The van der Waals surface area contributed by atoms with Crippen LogP contribution < -0.4 is 0 Å². The van der Waals surface area contributed by atoms with E-state index < -0.39 is 5.97 Å². The van der Waals surface area contributed by atoms with Crippen LogP contribution in [-0.4, -0.2) is 29.1 Å². The van der Waals surface area contributed by atoms with Crippen molar-refractivity contribution in [1.29, 1.82) is 0 Å². The van der Waals surface area contributed by atoms with Crippen LogP contribution in [0.1, 0.15) is 55.6 Å². The Morgan fingerprint density at radius 2 is 1.67 bits per heavy atom.